The number of halogens is 1. The van der Waals surface area contributed by atoms with E-state index in [2.05, 4.69) is 15.9 Å². The first kappa shape index (κ1) is 14.5. The molecule has 0 unspecified atom stereocenters. The van der Waals surface area contributed by atoms with Gasteiger partial charge in [0.2, 0.25) is 10.0 Å². The third kappa shape index (κ3) is 3.34. The normalized spacial score (nSPS) is 20.6. The first-order valence-corrected chi connectivity index (χ1v) is 8.27. The minimum atomic E-state index is -3.58. The van der Waals surface area contributed by atoms with Crippen molar-refractivity contribution in [2.24, 2.45) is 0 Å². The number of benzene rings is 1. The van der Waals surface area contributed by atoms with E-state index in [0.717, 1.165) is 8.78 Å². The highest BCUT2D eigenvalue weighted by Gasteiger charge is 2.38. The molecule has 1 saturated heterocycles. The lowest BCUT2D eigenvalue weighted by Gasteiger charge is -2.20. The van der Waals surface area contributed by atoms with E-state index in [4.69, 9.17) is 5.11 Å². The maximum atomic E-state index is 12.3. The van der Waals surface area contributed by atoms with Crippen molar-refractivity contribution in [3.63, 3.8) is 0 Å². The van der Waals surface area contributed by atoms with Crippen LogP contribution in [0.15, 0.2) is 28.7 Å². The van der Waals surface area contributed by atoms with Crippen LogP contribution in [0, 0.1) is 0 Å². The van der Waals surface area contributed by atoms with Gasteiger partial charge in [-0.1, -0.05) is 28.1 Å². The number of nitrogens with zero attached hydrogens (tertiary/aromatic N) is 1. The lowest BCUT2D eigenvalue weighted by molar-refractivity contribution is -0.140. The number of rotatable bonds is 4. The van der Waals surface area contributed by atoms with Gasteiger partial charge in [0.1, 0.15) is 6.04 Å². The van der Waals surface area contributed by atoms with Gasteiger partial charge in [-0.25, -0.2) is 8.42 Å². The molecular weight excluding hydrogens is 334 g/mol. The summed E-state index contributed by atoms with van der Waals surface area (Å²) in [5, 5.41) is 9.04. The Labute approximate surface area is 120 Å². The monoisotopic (exact) mass is 347 g/mol. The van der Waals surface area contributed by atoms with Crippen molar-refractivity contribution in [1.29, 1.82) is 0 Å². The first-order chi connectivity index (χ1) is 8.90. The summed E-state index contributed by atoms with van der Waals surface area (Å²) in [7, 11) is -3.58. The van der Waals surface area contributed by atoms with Crippen molar-refractivity contribution >= 4 is 31.9 Å². The van der Waals surface area contributed by atoms with Gasteiger partial charge in [0, 0.05) is 11.0 Å². The van der Waals surface area contributed by atoms with Crippen LogP contribution in [0.25, 0.3) is 0 Å². The smallest absolute Gasteiger partial charge is 0.322 e. The predicted octanol–water partition coefficient (Wildman–Crippen LogP) is 1.83. The molecule has 5 nitrogen and oxygen atoms in total. The van der Waals surface area contributed by atoms with Crippen molar-refractivity contribution in [2.75, 3.05) is 6.54 Å². The molecule has 1 aliphatic heterocycles. The Kier molecular flexibility index (Phi) is 4.27. The van der Waals surface area contributed by atoms with Gasteiger partial charge in [-0.05, 0) is 30.5 Å². The van der Waals surface area contributed by atoms with Crippen LogP contribution < -0.4 is 0 Å². The van der Waals surface area contributed by atoms with Crippen LogP contribution in [0.3, 0.4) is 0 Å². The second-order valence-electron chi connectivity index (χ2n) is 4.49. The zero-order valence-electron chi connectivity index (χ0n) is 10.1. The van der Waals surface area contributed by atoms with E-state index in [-0.39, 0.29) is 12.3 Å². The molecular formula is C12H14BrNO4S. The minimum Gasteiger partial charge on any atom is -0.480 e. The molecule has 104 valence electrons. The van der Waals surface area contributed by atoms with Crippen molar-refractivity contribution in [3.05, 3.63) is 34.3 Å². The fourth-order valence-electron chi connectivity index (χ4n) is 2.19. The molecule has 1 aliphatic rings. The summed E-state index contributed by atoms with van der Waals surface area (Å²) in [6, 6.07) is 6.05. The standard InChI is InChI=1S/C12H14BrNO4S/c13-10-5-3-9(4-6-10)8-19(17,18)14-7-1-2-11(14)12(15)16/h3-6,11H,1-2,7-8H2,(H,15,16)/t11-/m0/s1. The molecule has 1 aromatic rings. The van der Waals surface area contributed by atoms with E-state index in [1.807, 2.05) is 0 Å². The van der Waals surface area contributed by atoms with Gasteiger partial charge < -0.3 is 5.11 Å². The van der Waals surface area contributed by atoms with Crippen LogP contribution in [0.5, 0.6) is 0 Å². The average Bonchev–Trinajstić information content (AvgIpc) is 2.82. The Bertz CT molecular complexity index is 570. The molecule has 1 N–H and O–H groups in total. The summed E-state index contributed by atoms with van der Waals surface area (Å²) < 4.78 is 26.5. The van der Waals surface area contributed by atoms with Crippen LogP contribution in [0.4, 0.5) is 0 Å². The molecule has 19 heavy (non-hydrogen) atoms. The van der Waals surface area contributed by atoms with Gasteiger partial charge in [0.25, 0.3) is 0 Å². The Hall–Kier alpha value is -0.920. The summed E-state index contributed by atoms with van der Waals surface area (Å²) >= 11 is 3.28. The van der Waals surface area contributed by atoms with Crippen LogP contribution in [-0.4, -0.2) is 36.4 Å². The molecule has 1 aromatic carbocycles. The van der Waals surface area contributed by atoms with E-state index in [1.165, 1.54) is 0 Å². The Balaban J connectivity index is 2.18. The molecule has 0 bridgehead atoms. The van der Waals surface area contributed by atoms with Crippen LogP contribution >= 0.6 is 15.9 Å². The summed E-state index contributed by atoms with van der Waals surface area (Å²) in [6.07, 6.45) is 0.978. The lowest BCUT2D eigenvalue weighted by Crippen LogP contribution is -2.40. The van der Waals surface area contributed by atoms with Gasteiger partial charge in [0.05, 0.1) is 5.75 Å². The molecule has 1 atom stereocenters. The molecule has 0 amide bonds. The van der Waals surface area contributed by atoms with Gasteiger partial charge in [-0.15, -0.1) is 0 Å². The SMILES string of the molecule is O=C(O)[C@@H]1CCCN1S(=O)(=O)Cc1ccc(Br)cc1. The second-order valence-corrected chi connectivity index (χ2v) is 7.33. The van der Waals surface area contributed by atoms with E-state index in [1.54, 1.807) is 24.3 Å². The number of sulfonamides is 1. The number of aliphatic carboxylic acids is 1. The highest BCUT2D eigenvalue weighted by Crippen LogP contribution is 2.24. The number of carboxylic acids is 1. The second kappa shape index (κ2) is 5.60. The van der Waals surface area contributed by atoms with Crippen molar-refractivity contribution < 1.29 is 18.3 Å². The Morgan fingerprint density at radius 3 is 2.58 bits per heavy atom. The third-order valence-electron chi connectivity index (χ3n) is 3.11. The van der Waals surface area contributed by atoms with Crippen molar-refractivity contribution in [1.82, 2.24) is 4.31 Å². The fraction of sp³-hybridized carbons (Fsp3) is 0.417. The number of carboxylic acid groups (broad SMARTS) is 1. The van der Waals surface area contributed by atoms with Crippen LogP contribution in [0.2, 0.25) is 0 Å². The van der Waals surface area contributed by atoms with E-state index < -0.39 is 22.0 Å². The quantitative estimate of drug-likeness (QED) is 0.901. The molecule has 7 heteroatoms. The van der Waals surface area contributed by atoms with Gasteiger partial charge in [-0.2, -0.15) is 4.31 Å². The first-order valence-electron chi connectivity index (χ1n) is 5.87. The van der Waals surface area contributed by atoms with E-state index in [9.17, 15) is 13.2 Å². The molecule has 0 spiro atoms. The molecule has 0 aromatic heterocycles. The molecule has 2 rings (SSSR count). The van der Waals surface area contributed by atoms with Gasteiger partial charge >= 0.3 is 5.97 Å². The Morgan fingerprint density at radius 1 is 1.37 bits per heavy atom. The summed E-state index contributed by atoms with van der Waals surface area (Å²) in [5.74, 6) is -1.23. The largest absolute Gasteiger partial charge is 0.480 e. The van der Waals surface area contributed by atoms with E-state index >= 15 is 0 Å². The van der Waals surface area contributed by atoms with Crippen molar-refractivity contribution in [3.8, 4) is 0 Å². The summed E-state index contributed by atoms with van der Waals surface area (Å²) in [4.78, 5) is 11.0. The summed E-state index contributed by atoms with van der Waals surface area (Å²) in [6.45, 7) is 0.288. The summed E-state index contributed by atoms with van der Waals surface area (Å²) in [5.41, 5.74) is 0.652. The average molecular weight is 348 g/mol. The molecule has 0 aliphatic carbocycles. The van der Waals surface area contributed by atoms with Crippen LogP contribution in [0.1, 0.15) is 18.4 Å². The molecule has 1 heterocycles. The Morgan fingerprint density at radius 2 is 2.00 bits per heavy atom. The molecule has 0 radical (unpaired) electrons. The molecule has 1 fully saturated rings. The minimum absolute atomic E-state index is 0.163. The highest BCUT2D eigenvalue weighted by atomic mass is 79.9. The fourth-order valence-corrected chi connectivity index (χ4v) is 4.23. The van der Waals surface area contributed by atoms with Gasteiger partial charge in [0.15, 0.2) is 0 Å². The number of hydrogen-bond acceptors (Lipinski definition) is 3. The third-order valence-corrected chi connectivity index (χ3v) is 5.49. The van der Waals surface area contributed by atoms with E-state index in [0.29, 0.717) is 18.4 Å². The lowest BCUT2D eigenvalue weighted by atomic mass is 10.2. The van der Waals surface area contributed by atoms with Crippen LogP contribution in [-0.2, 0) is 20.6 Å². The van der Waals surface area contributed by atoms with Crippen molar-refractivity contribution in [2.45, 2.75) is 24.6 Å². The number of hydrogen-bond donors (Lipinski definition) is 1. The maximum absolute atomic E-state index is 12.3. The zero-order valence-corrected chi connectivity index (χ0v) is 12.5. The maximum Gasteiger partial charge on any atom is 0.322 e. The highest BCUT2D eigenvalue weighted by molar-refractivity contribution is 9.10. The van der Waals surface area contributed by atoms with Gasteiger partial charge in [-0.3, -0.25) is 4.79 Å². The zero-order chi connectivity index (χ0) is 14.0. The topological polar surface area (TPSA) is 74.7 Å². The number of carbonyl (C=O) groups is 1. The predicted molar refractivity (Wildman–Crippen MR) is 74.1 cm³/mol. The molecule has 0 saturated carbocycles.